The molecule has 1 aliphatic rings. The van der Waals surface area contributed by atoms with Crippen molar-refractivity contribution in [2.75, 3.05) is 20.3 Å². The maximum absolute atomic E-state index is 11.7. The second-order valence-corrected chi connectivity index (χ2v) is 5.05. The Bertz CT molecular complexity index is 239. The Morgan fingerprint density at radius 1 is 1.44 bits per heavy atom. The third-order valence-corrected chi connectivity index (χ3v) is 3.58. The van der Waals surface area contributed by atoms with Gasteiger partial charge in [0.15, 0.2) is 0 Å². The number of carbonyl (C=O) groups excluding carboxylic acids is 1. The number of carbonyl (C=O) groups is 1. The lowest BCUT2D eigenvalue weighted by atomic mass is 10.00. The molecule has 4 nitrogen and oxygen atoms in total. The summed E-state index contributed by atoms with van der Waals surface area (Å²) >= 11 is 0. The minimum Gasteiger partial charge on any atom is -0.383 e. The molecule has 1 saturated carbocycles. The topological polar surface area (TPSA) is 50.4 Å². The van der Waals surface area contributed by atoms with Crippen LogP contribution in [0.3, 0.4) is 0 Å². The molecule has 0 bridgehead atoms. The lowest BCUT2D eigenvalue weighted by Crippen LogP contribution is -2.48. The molecule has 0 heterocycles. The van der Waals surface area contributed by atoms with E-state index in [1.165, 1.54) is 12.8 Å². The van der Waals surface area contributed by atoms with Crippen molar-refractivity contribution < 1.29 is 9.53 Å². The van der Waals surface area contributed by atoms with E-state index in [1.807, 2.05) is 6.92 Å². The third-order valence-electron chi connectivity index (χ3n) is 3.58. The Labute approximate surface area is 98.1 Å². The molecule has 2 unspecified atom stereocenters. The highest BCUT2D eigenvalue weighted by Gasteiger charge is 2.43. The van der Waals surface area contributed by atoms with Gasteiger partial charge in [0.05, 0.1) is 12.6 Å². The normalized spacial score (nSPS) is 21.2. The summed E-state index contributed by atoms with van der Waals surface area (Å²) in [4.78, 5) is 11.7. The van der Waals surface area contributed by atoms with Gasteiger partial charge in [-0.25, -0.2) is 0 Å². The lowest BCUT2D eigenvalue weighted by Gasteiger charge is -2.24. The largest absolute Gasteiger partial charge is 0.383 e. The molecule has 0 spiro atoms. The van der Waals surface area contributed by atoms with E-state index in [9.17, 15) is 4.79 Å². The first-order valence-electron chi connectivity index (χ1n) is 6.02. The fraction of sp³-hybridized carbons (Fsp3) is 0.917. The zero-order valence-corrected chi connectivity index (χ0v) is 10.8. The highest BCUT2D eigenvalue weighted by molar-refractivity contribution is 5.81. The number of amides is 1. The van der Waals surface area contributed by atoms with Gasteiger partial charge in [0.1, 0.15) is 0 Å². The van der Waals surface area contributed by atoms with Gasteiger partial charge in [-0.15, -0.1) is 0 Å². The van der Waals surface area contributed by atoms with Gasteiger partial charge in [0.2, 0.25) is 5.91 Å². The van der Waals surface area contributed by atoms with Crippen molar-refractivity contribution in [2.24, 2.45) is 5.41 Å². The van der Waals surface area contributed by atoms with Gasteiger partial charge in [-0.3, -0.25) is 4.79 Å². The van der Waals surface area contributed by atoms with Crippen LogP contribution in [0.25, 0.3) is 0 Å². The van der Waals surface area contributed by atoms with Crippen LogP contribution in [0.1, 0.15) is 33.6 Å². The standard InChI is InChI=1S/C12H24N2O2/c1-9(11(15)13-7-8-16-4)14-10(2)12(3)5-6-12/h9-10,14H,5-8H2,1-4H3,(H,13,15). The Morgan fingerprint density at radius 3 is 2.56 bits per heavy atom. The molecular formula is C12H24N2O2. The van der Waals surface area contributed by atoms with E-state index in [0.29, 0.717) is 24.6 Å². The smallest absolute Gasteiger partial charge is 0.236 e. The number of nitrogens with one attached hydrogen (secondary N) is 2. The fourth-order valence-corrected chi connectivity index (χ4v) is 1.71. The highest BCUT2D eigenvalue weighted by atomic mass is 16.5. The zero-order chi connectivity index (χ0) is 12.2. The number of hydrogen-bond acceptors (Lipinski definition) is 3. The zero-order valence-electron chi connectivity index (χ0n) is 10.8. The minimum absolute atomic E-state index is 0.0492. The predicted molar refractivity (Wildman–Crippen MR) is 64.3 cm³/mol. The molecule has 1 aliphatic carbocycles. The molecular weight excluding hydrogens is 204 g/mol. The van der Waals surface area contributed by atoms with Gasteiger partial charge in [0.25, 0.3) is 0 Å². The van der Waals surface area contributed by atoms with Gasteiger partial charge < -0.3 is 15.4 Å². The van der Waals surface area contributed by atoms with Gasteiger partial charge in [-0.2, -0.15) is 0 Å². The predicted octanol–water partition coefficient (Wildman–Crippen LogP) is 0.916. The lowest BCUT2D eigenvalue weighted by molar-refractivity contribution is -0.123. The fourth-order valence-electron chi connectivity index (χ4n) is 1.71. The quantitative estimate of drug-likeness (QED) is 0.637. The van der Waals surface area contributed by atoms with Crippen LogP contribution in [-0.4, -0.2) is 38.3 Å². The summed E-state index contributed by atoms with van der Waals surface area (Å²) in [6.45, 7) is 7.47. The monoisotopic (exact) mass is 228 g/mol. The SMILES string of the molecule is COCCNC(=O)C(C)NC(C)C1(C)CC1. The van der Waals surface area contributed by atoms with E-state index in [-0.39, 0.29) is 11.9 Å². The van der Waals surface area contributed by atoms with Crippen LogP contribution < -0.4 is 10.6 Å². The molecule has 0 aliphatic heterocycles. The molecule has 1 rings (SSSR count). The Morgan fingerprint density at radius 2 is 2.06 bits per heavy atom. The van der Waals surface area contributed by atoms with E-state index >= 15 is 0 Å². The van der Waals surface area contributed by atoms with Crippen LogP contribution in [0.5, 0.6) is 0 Å². The van der Waals surface area contributed by atoms with Crippen molar-refractivity contribution in [1.82, 2.24) is 10.6 Å². The molecule has 1 amide bonds. The molecule has 94 valence electrons. The number of methoxy groups -OCH3 is 1. The summed E-state index contributed by atoms with van der Waals surface area (Å²) < 4.78 is 4.88. The van der Waals surface area contributed by atoms with Crippen LogP contribution in [-0.2, 0) is 9.53 Å². The average molecular weight is 228 g/mol. The summed E-state index contributed by atoms with van der Waals surface area (Å²) in [6, 6.07) is 0.264. The van der Waals surface area contributed by atoms with Crippen molar-refractivity contribution in [3.8, 4) is 0 Å². The van der Waals surface area contributed by atoms with Crippen molar-refractivity contribution in [1.29, 1.82) is 0 Å². The van der Waals surface area contributed by atoms with Crippen LogP contribution in [0.2, 0.25) is 0 Å². The Hall–Kier alpha value is -0.610. The van der Waals surface area contributed by atoms with Crippen LogP contribution in [0.15, 0.2) is 0 Å². The molecule has 2 atom stereocenters. The van der Waals surface area contributed by atoms with Gasteiger partial charge in [0, 0.05) is 19.7 Å². The van der Waals surface area contributed by atoms with Crippen LogP contribution in [0, 0.1) is 5.41 Å². The van der Waals surface area contributed by atoms with Crippen molar-refractivity contribution >= 4 is 5.91 Å². The van der Waals surface area contributed by atoms with Gasteiger partial charge in [-0.1, -0.05) is 6.92 Å². The summed E-state index contributed by atoms with van der Waals surface area (Å²) in [5.41, 5.74) is 0.404. The molecule has 16 heavy (non-hydrogen) atoms. The third kappa shape index (κ3) is 3.76. The minimum atomic E-state index is -0.135. The molecule has 0 aromatic heterocycles. The summed E-state index contributed by atoms with van der Waals surface area (Å²) in [5.74, 6) is 0.0492. The summed E-state index contributed by atoms with van der Waals surface area (Å²) in [7, 11) is 1.63. The summed E-state index contributed by atoms with van der Waals surface area (Å²) in [6.07, 6.45) is 2.53. The first kappa shape index (κ1) is 13.5. The van der Waals surface area contributed by atoms with E-state index < -0.39 is 0 Å². The second-order valence-electron chi connectivity index (χ2n) is 5.05. The molecule has 0 saturated heterocycles. The van der Waals surface area contributed by atoms with Crippen LogP contribution >= 0.6 is 0 Å². The van der Waals surface area contributed by atoms with E-state index in [4.69, 9.17) is 4.74 Å². The van der Waals surface area contributed by atoms with Crippen molar-refractivity contribution in [3.05, 3.63) is 0 Å². The Kier molecular flexibility index (Phi) is 4.74. The maximum atomic E-state index is 11.7. The average Bonchev–Trinajstić information content (AvgIpc) is 2.98. The molecule has 0 radical (unpaired) electrons. The molecule has 1 fully saturated rings. The summed E-state index contributed by atoms with van der Waals surface area (Å²) in [5, 5.41) is 6.19. The maximum Gasteiger partial charge on any atom is 0.236 e. The number of ether oxygens (including phenoxy) is 1. The van der Waals surface area contributed by atoms with Gasteiger partial charge in [-0.05, 0) is 32.1 Å². The van der Waals surface area contributed by atoms with Gasteiger partial charge >= 0.3 is 0 Å². The van der Waals surface area contributed by atoms with Crippen molar-refractivity contribution in [3.63, 3.8) is 0 Å². The van der Waals surface area contributed by atoms with E-state index in [1.54, 1.807) is 7.11 Å². The molecule has 0 aromatic carbocycles. The highest BCUT2D eigenvalue weighted by Crippen LogP contribution is 2.47. The Balaban J connectivity index is 2.22. The first-order chi connectivity index (χ1) is 7.49. The molecule has 4 heteroatoms. The van der Waals surface area contributed by atoms with E-state index in [2.05, 4.69) is 24.5 Å². The van der Waals surface area contributed by atoms with Crippen LogP contribution in [0.4, 0.5) is 0 Å². The number of hydrogen-bond donors (Lipinski definition) is 2. The molecule has 0 aromatic rings. The molecule has 2 N–H and O–H groups in total. The van der Waals surface area contributed by atoms with E-state index in [0.717, 1.165) is 0 Å². The number of rotatable bonds is 7. The van der Waals surface area contributed by atoms with Crippen molar-refractivity contribution in [2.45, 2.75) is 45.7 Å². The second kappa shape index (κ2) is 5.64. The first-order valence-corrected chi connectivity index (χ1v) is 6.02.